The lowest BCUT2D eigenvalue weighted by molar-refractivity contribution is -0.199. The summed E-state index contributed by atoms with van der Waals surface area (Å²) < 4.78 is 10.2. The summed E-state index contributed by atoms with van der Waals surface area (Å²) in [6.07, 6.45) is 7.84. The van der Waals surface area contributed by atoms with Crippen molar-refractivity contribution in [2.24, 2.45) is 29.1 Å². The van der Waals surface area contributed by atoms with E-state index in [0.29, 0.717) is 23.5 Å². The van der Waals surface area contributed by atoms with Gasteiger partial charge >= 0.3 is 0 Å². The molecular formula is C22H31NO4S. The average Bonchev–Trinajstić information content (AvgIpc) is 3.04. The Kier molecular flexibility index (Phi) is 5.76. The quantitative estimate of drug-likeness (QED) is 0.308. The summed E-state index contributed by atoms with van der Waals surface area (Å²) in [6, 6.07) is 4.53. The molecule has 154 valence electrons. The SMILES string of the molecule is CCc1cc2c(cc1OSOON)CC[C@@H]1[C@@H]2CC[C@]2(C)[C@@H](C(C)=O)CC[C@@H]12. The number of hydrogen-bond donors (Lipinski definition) is 1. The van der Waals surface area contributed by atoms with Gasteiger partial charge in [0, 0.05) is 5.92 Å². The predicted octanol–water partition coefficient (Wildman–Crippen LogP) is 5.07. The lowest BCUT2D eigenvalue weighted by Gasteiger charge is -2.50. The van der Waals surface area contributed by atoms with Crippen molar-refractivity contribution in [1.82, 2.24) is 0 Å². The van der Waals surface area contributed by atoms with Gasteiger partial charge in [0.25, 0.3) is 12.3 Å². The Labute approximate surface area is 172 Å². The van der Waals surface area contributed by atoms with Crippen molar-refractivity contribution in [3.05, 3.63) is 28.8 Å². The van der Waals surface area contributed by atoms with Gasteiger partial charge in [-0.25, -0.2) is 0 Å². The molecule has 0 radical (unpaired) electrons. The molecule has 5 atom stereocenters. The highest BCUT2D eigenvalue weighted by Gasteiger charge is 2.55. The highest BCUT2D eigenvalue weighted by Crippen LogP contribution is 2.63. The van der Waals surface area contributed by atoms with E-state index in [4.69, 9.17) is 10.1 Å². The molecule has 0 bridgehead atoms. The number of ketones is 1. The smallest absolute Gasteiger partial charge is 0.260 e. The number of aryl methyl sites for hydroxylation is 2. The Hall–Kier alpha value is -1.08. The van der Waals surface area contributed by atoms with E-state index in [9.17, 15) is 4.79 Å². The fourth-order valence-corrected chi connectivity index (χ4v) is 7.02. The minimum atomic E-state index is 0.206. The van der Waals surface area contributed by atoms with Crippen LogP contribution in [0.25, 0.3) is 0 Å². The number of fused-ring (bicyclic) bond motifs is 5. The van der Waals surface area contributed by atoms with E-state index in [0.717, 1.165) is 37.3 Å². The van der Waals surface area contributed by atoms with E-state index >= 15 is 0 Å². The topological polar surface area (TPSA) is 70.8 Å². The van der Waals surface area contributed by atoms with E-state index in [-0.39, 0.29) is 11.3 Å². The second-order valence-corrected chi connectivity index (χ2v) is 9.47. The summed E-state index contributed by atoms with van der Waals surface area (Å²) >= 11 is 0.745. The maximum absolute atomic E-state index is 12.3. The molecule has 0 heterocycles. The average molecular weight is 406 g/mol. The Morgan fingerprint density at radius 2 is 2.11 bits per heavy atom. The van der Waals surface area contributed by atoms with Crippen LogP contribution in [0.1, 0.15) is 75.5 Å². The van der Waals surface area contributed by atoms with Crippen LogP contribution < -0.4 is 10.1 Å². The predicted molar refractivity (Wildman–Crippen MR) is 109 cm³/mol. The first-order chi connectivity index (χ1) is 13.5. The van der Waals surface area contributed by atoms with Gasteiger partial charge < -0.3 is 4.18 Å². The van der Waals surface area contributed by atoms with Gasteiger partial charge in [-0.3, -0.25) is 4.79 Å². The maximum atomic E-state index is 12.3. The molecule has 2 N–H and O–H groups in total. The van der Waals surface area contributed by atoms with Gasteiger partial charge in [-0.15, -0.1) is 9.32 Å². The van der Waals surface area contributed by atoms with Crippen LogP contribution in [-0.2, 0) is 27.0 Å². The number of benzene rings is 1. The van der Waals surface area contributed by atoms with E-state index in [1.807, 2.05) is 0 Å². The van der Waals surface area contributed by atoms with Crippen molar-refractivity contribution >= 4 is 18.1 Å². The number of rotatable bonds is 6. The summed E-state index contributed by atoms with van der Waals surface area (Å²) in [7, 11) is 0. The minimum Gasteiger partial charge on any atom is -0.398 e. The first kappa shape index (κ1) is 20.2. The standard InChI is InChI=1S/C22H31NO4S/c1-4-14-11-18-15(12-21(14)25-28-27-26-23)5-6-17-16(18)9-10-22(3)19(13(2)24)7-8-20(17)22/h11-12,16-17,19-20H,4-10,23H2,1-3H3/t16-,17+,19+,20-,22+/m0/s1. The number of carbonyl (C=O) groups excluding carboxylic acids is 1. The monoisotopic (exact) mass is 405 g/mol. The van der Waals surface area contributed by atoms with Crippen molar-refractivity contribution in [3.63, 3.8) is 0 Å². The number of Topliss-reactive ketones (excluding diaryl/α,β-unsaturated/α-hetero) is 1. The Morgan fingerprint density at radius 1 is 1.29 bits per heavy atom. The molecule has 28 heavy (non-hydrogen) atoms. The summed E-state index contributed by atoms with van der Waals surface area (Å²) in [6.45, 7) is 6.34. The molecule has 1 aromatic rings. The lowest BCUT2D eigenvalue weighted by atomic mass is 9.54. The van der Waals surface area contributed by atoms with Gasteiger partial charge in [-0.1, -0.05) is 19.9 Å². The molecule has 0 unspecified atom stereocenters. The fraction of sp³-hybridized carbons (Fsp3) is 0.682. The van der Waals surface area contributed by atoms with Crippen molar-refractivity contribution in [1.29, 1.82) is 0 Å². The molecule has 0 saturated heterocycles. The van der Waals surface area contributed by atoms with Crippen LogP contribution in [0, 0.1) is 23.2 Å². The van der Waals surface area contributed by atoms with E-state index in [1.165, 1.54) is 42.4 Å². The zero-order valence-corrected chi connectivity index (χ0v) is 17.8. The van der Waals surface area contributed by atoms with Crippen molar-refractivity contribution in [2.45, 2.75) is 71.6 Å². The molecule has 0 aliphatic heterocycles. The highest BCUT2D eigenvalue weighted by atomic mass is 32.2. The van der Waals surface area contributed by atoms with Crippen molar-refractivity contribution in [2.75, 3.05) is 0 Å². The minimum absolute atomic E-state index is 0.206. The third-order valence-corrected chi connectivity index (χ3v) is 8.35. The molecule has 2 fully saturated rings. The molecule has 3 aliphatic rings. The molecule has 0 spiro atoms. The van der Waals surface area contributed by atoms with E-state index in [2.05, 4.69) is 35.3 Å². The fourth-order valence-electron chi connectivity index (χ4n) is 6.73. The van der Waals surface area contributed by atoms with Crippen molar-refractivity contribution in [3.8, 4) is 5.75 Å². The molecule has 3 aliphatic carbocycles. The number of carbonyl (C=O) groups is 1. The summed E-state index contributed by atoms with van der Waals surface area (Å²) in [4.78, 5) is 16.4. The van der Waals surface area contributed by atoms with E-state index < -0.39 is 0 Å². The third kappa shape index (κ3) is 3.28. The normalized spacial score (nSPS) is 33.7. The lowest BCUT2D eigenvalue weighted by Crippen LogP contribution is -2.43. The van der Waals surface area contributed by atoms with Gasteiger partial charge in [-0.05, 0) is 97.8 Å². The molecular weight excluding hydrogens is 374 g/mol. The van der Waals surface area contributed by atoms with Gasteiger partial charge in [0.1, 0.15) is 11.5 Å². The Bertz CT molecular complexity index is 754. The van der Waals surface area contributed by atoms with E-state index in [1.54, 1.807) is 6.92 Å². The Morgan fingerprint density at radius 3 is 2.82 bits per heavy atom. The van der Waals surface area contributed by atoms with Crippen LogP contribution in [0.5, 0.6) is 5.75 Å². The zero-order valence-electron chi connectivity index (χ0n) is 17.0. The van der Waals surface area contributed by atoms with Crippen LogP contribution in [0.3, 0.4) is 0 Å². The molecule has 1 aromatic carbocycles. The molecule has 5 nitrogen and oxygen atoms in total. The Balaban J connectivity index is 1.61. The van der Waals surface area contributed by atoms with Crippen molar-refractivity contribution < 1.29 is 18.3 Å². The molecule has 6 heteroatoms. The summed E-state index contributed by atoms with van der Waals surface area (Å²) in [5.41, 5.74) is 4.30. The number of hydrogen-bond acceptors (Lipinski definition) is 6. The van der Waals surface area contributed by atoms with Gasteiger partial charge in [0.15, 0.2) is 0 Å². The largest absolute Gasteiger partial charge is 0.398 e. The van der Waals surface area contributed by atoms with Gasteiger partial charge in [0.05, 0.1) is 0 Å². The summed E-state index contributed by atoms with van der Waals surface area (Å²) in [5.74, 6) is 8.38. The summed E-state index contributed by atoms with van der Waals surface area (Å²) in [5, 5.41) is 0. The third-order valence-electron chi connectivity index (χ3n) is 7.97. The van der Waals surface area contributed by atoms with Crippen LogP contribution >= 0.6 is 12.3 Å². The molecule has 0 aromatic heterocycles. The van der Waals surface area contributed by atoms with Crippen LogP contribution in [0.4, 0.5) is 0 Å². The highest BCUT2D eigenvalue weighted by molar-refractivity contribution is 7.90. The molecule has 2 saturated carbocycles. The first-order valence-electron chi connectivity index (χ1n) is 10.5. The van der Waals surface area contributed by atoms with Gasteiger partial charge in [0.2, 0.25) is 0 Å². The molecule has 0 amide bonds. The van der Waals surface area contributed by atoms with Gasteiger partial charge in [-0.2, -0.15) is 5.90 Å². The van der Waals surface area contributed by atoms with Crippen LogP contribution in [-0.4, -0.2) is 5.78 Å². The number of nitrogens with two attached hydrogens (primary N) is 1. The second kappa shape index (κ2) is 7.98. The maximum Gasteiger partial charge on any atom is 0.260 e. The molecule has 4 rings (SSSR count). The zero-order chi connectivity index (χ0) is 19.9. The second-order valence-electron chi connectivity index (χ2n) is 9.03. The first-order valence-corrected chi connectivity index (χ1v) is 11.2. The van der Waals surface area contributed by atoms with Crippen LogP contribution in [0.15, 0.2) is 12.1 Å². The van der Waals surface area contributed by atoms with Crippen LogP contribution in [0.2, 0.25) is 0 Å².